The lowest BCUT2D eigenvalue weighted by atomic mass is 10.0. The molecule has 0 aromatic heterocycles. The molecular weight excluding hydrogens is 440 g/mol. The number of alkyl halides is 3. The maximum atomic E-state index is 14.6. The molecule has 31 heavy (non-hydrogen) atoms. The SMILES string of the molecule is O=C(NS(=O)(=O)N1CCC1)c1cc(C2CC2)c(OCCCCCCC(F)(F)F)cc1F. The highest BCUT2D eigenvalue weighted by Crippen LogP contribution is 2.45. The molecule has 2 fully saturated rings. The van der Waals surface area contributed by atoms with Crippen LogP contribution in [-0.4, -0.2) is 44.5 Å². The number of hydrogen-bond donors (Lipinski definition) is 1. The second-order valence-electron chi connectivity index (χ2n) is 7.96. The Morgan fingerprint density at radius 1 is 1.13 bits per heavy atom. The molecule has 6 nitrogen and oxygen atoms in total. The monoisotopic (exact) mass is 466 g/mol. The Morgan fingerprint density at radius 2 is 1.81 bits per heavy atom. The molecule has 1 heterocycles. The summed E-state index contributed by atoms with van der Waals surface area (Å²) in [6.07, 6.45) is -0.945. The van der Waals surface area contributed by atoms with Gasteiger partial charge in [-0.15, -0.1) is 0 Å². The predicted octanol–water partition coefficient (Wildman–Crippen LogP) is 4.28. The lowest BCUT2D eigenvalue weighted by molar-refractivity contribution is -0.135. The van der Waals surface area contributed by atoms with Gasteiger partial charge in [-0.2, -0.15) is 25.9 Å². The van der Waals surface area contributed by atoms with Crippen LogP contribution >= 0.6 is 0 Å². The third-order valence-corrected chi connectivity index (χ3v) is 6.84. The second-order valence-corrected chi connectivity index (χ2v) is 9.63. The minimum atomic E-state index is -4.14. The van der Waals surface area contributed by atoms with Crippen molar-refractivity contribution in [1.82, 2.24) is 9.03 Å². The van der Waals surface area contributed by atoms with E-state index in [1.165, 1.54) is 6.07 Å². The van der Waals surface area contributed by atoms with E-state index in [0.29, 0.717) is 44.3 Å². The molecule has 0 radical (unpaired) electrons. The van der Waals surface area contributed by atoms with E-state index >= 15 is 0 Å². The van der Waals surface area contributed by atoms with E-state index in [1.807, 2.05) is 4.72 Å². The van der Waals surface area contributed by atoms with Gasteiger partial charge in [0.15, 0.2) is 0 Å². The van der Waals surface area contributed by atoms with Crippen molar-refractivity contribution in [1.29, 1.82) is 0 Å². The van der Waals surface area contributed by atoms with Gasteiger partial charge in [-0.25, -0.2) is 9.11 Å². The van der Waals surface area contributed by atoms with E-state index in [0.717, 1.165) is 23.2 Å². The minimum Gasteiger partial charge on any atom is -0.493 e. The molecular formula is C20H26F4N2O4S. The molecule has 0 spiro atoms. The molecule has 1 aromatic carbocycles. The van der Waals surface area contributed by atoms with Gasteiger partial charge in [-0.05, 0) is 49.7 Å². The van der Waals surface area contributed by atoms with E-state index in [4.69, 9.17) is 4.74 Å². The number of hydrogen-bond acceptors (Lipinski definition) is 4. The van der Waals surface area contributed by atoms with Crippen molar-refractivity contribution >= 4 is 16.1 Å². The number of carbonyl (C=O) groups is 1. The van der Waals surface area contributed by atoms with Crippen molar-refractivity contribution < 1.29 is 35.5 Å². The van der Waals surface area contributed by atoms with Gasteiger partial charge in [0.25, 0.3) is 5.91 Å². The largest absolute Gasteiger partial charge is 0.493 e. The third kappa shape index (κ3) is 6.80. The molecule has 0 unspecified atom stereocenters. The summed E-state index contributed by atoms with van der Waals surface area (Å²) in [5.74, 6) is -1.51. The number of amides is 1. The van der Waals surface area contributed by atoms with Crippen molar-refractivity contribution in [2.45, 2.75) is 63.5 Å². The van der Waals surface area contributed by atoms with Crippen LogP contribution in [0.2, 0.25) is 0 Å². The Balaban J connectivity index is 1.57. The van der Waals surface area contributed by atoms with Crippen LogP contribution in [0.3, 0.4) is 0 Å². The third-order valence-electron chi connectivity index (χ3n) is 5.35. The average Bonchev–Trinajstić information content (AvgIpc) is 3.42. The fourth-order valence-electron chi connectivity index (χ4n) is 3.31. The number of ether oxygens (including phenoxy) is 1. The standard InChI is InChI=1S/C20H26F4N2O4S/c21-17-13-18(30-11-4-2-1-3-8-20(22,23)24)15(14-6-7-14)12-16(17)19(27)25-31(28,29)26-9-5-10-26/h12-14H,1-11H2,(H,25,27). The van der Waals surface area contributed by atoms with Crippen LogP contribution in [0.1, 0.15) is 73.2 Å². The molecule has 3 rings (SSSR count). The lowest BCUT2D eigenvalue weighted by Gasteiger charge is -2.29. The smallest absolute Gasteiger partial charge is 0.389 e. The number of nitrogens with zero attached hydrogens (tertiary/aromatic N) is 1. The van der Waals surface area contributed by atoms with E-state index in [1.54, 1.807) is 0 Å². The molecule has 1 aliphatic heterocycles. The van der Waals surface area contributed by atoms with Gasteiger partial charge in [0.1, 0.15) is 11.6 Å². The highest BCUT2D eigenvalue weighted by atomic mass is 32.2. The fourth-order valence-corrected chi connectivity index (χ4v) is 4.52. The molecule has 1 saturated carbocycles. The Kier molecular flexibility index (Phi) is 7.46. The van der Waals surface area contributed by atoms with Crippen LogP contribution in [0.25, 0.3) is 0 Å². The predicted molar refractivity (Wildman–Crippen MR) is 106 cm³/mol. The molecule has 1 amide bonds. The molecule has 1 aliphatic carbocycles. The van der Waals surface area contributed by atoms with Crippen molar-refractivity contribution in [3.63, 3.8) is 0 Å². The number of unbranched alkanes of at least 4 members (excludes halogenated alkanes) is 3. The van der Waals surface area contributed by atoms with Gasteiger partial charge in [0.2, 0.25) is 0 Å². The van der Waals surface area contributed by atoms with Gasteiger partial charge in [0.05, 0.1) is 12.2 Å². The van der Waals surface area contributed by atoms with Gasteiger partial charge in [0, 0.05) is 25.6 Å². The average molecular weight is 466 g/mol. The summed E-state index contributed by atoms with van der Waals surface area (Å²) in [5, 5.41) is 0. The van der Waals surface area contributed by atoms with Gasteiger partial charge >= 0.3 is 16.4 Å². The molecule has 1 saturated heterocycles. The van der Waals surface area contributed by atoms with Crippen LogP contribution < -0.4 is 9.46 Å². The summed E-state index contributed by atoms with van der Waals surface area (Å²) in [5.41, 5.74) is 0.287. The Bertz CT molecular complexity index is 897. The molecule has 174 valence electrons. The highest BCUT2D eigenvalue weighted by molar-refractivity contribution is 7.87. The van der Waals surface area contributed by atoms with Crippen LogP contribution in [0.15, 0.2) is 12.1 Å². The summed E-state index contributed by atoms with van der Waals surface area (Å²) < 4.78 is 83.8. The van der Waals surface area contributed by atoms with Gasteiger partial charge in [-0.1, -0.05) is 12.8 Å². The van der Waals surface area contributed by atoms with Crippen molar-refractivity contribution in [2.24, 2.45) is 0 Å². The summed E-state index contributed by atoms with van der Waals surface area (Å²) in [6.45, 7) is 0.864. The van der Waals surface area contributed by atoms with Crippen molar-refractivity contribution in [2.75, 3.05) is 19.7 Å². The van der Waals surface area contributed by atoms with Gasteiger partial charge < -0.3 is 4.74 Å². The van der Waals surface area contributed by atoms with Crippen LogP contribution in [0, 0.1) is 5.82 Å². The van der Waals surface area contributed by atoms with E-state index in [9.17, 15) is 30.8 Å². The number of halogens is 4. The lowest BCUT2D eigenvalue weighted by Crippen LogP contribution is -2.49. The summed E-state index contributed by atoms with van der Waals surface area (Å²) >= 11 is 0. The summed E-state index contributed by atoms with van der Waals surface area (Å²) in [6, 6.07) is 2.43. The molecule has 0 atom stereocenters. The minimum absolute atomic E-state index is 0.0651. The Hall–Kier alpha value is -1.88. The molecule has 1 N–H and O–H groups in total. The summed E-state index contributed by atoms with van der Waals surface area (Å²) in [4.78, 5) is 12.4. The first-order valence-corrected chi connectivity index (χ1v) is 11.9. The van der Waals surface area contributed by atoms with Crippen LogP contribution in [0.4, 0.5) is 17.6 Å². The van der Waals surface area contributed by atoms with Crippen molar-refractivity contribution in [3.05, 3.63) is 29.1 Å². The fraction of sp³-hybridized carbons (Fsp3) is 0.650. The van der Waals surface area contributed by atoms with E-state index in [2.05, 4.69) is 0 Å². The molecule has 11 heteroatoms. The topological polar surface area (TPSA) is 75.7 Å². The maximum Gasteiger partial charge on any atom is 0.389 e. The van der Waals surface area contributed by atoms with Gasteiger partial charge in [-0.3, -0.25) is 4.79 Å². The van der Waals surface area contributed by atoms with Crippen molar-refractivity contribution in [3.8, 4) is 5.75 Å². The quantitative estimate of drug-likeness (QED) is 0.390. The van der Waals surface area contributed by atoms with Crippen LogP contribution in [-0.2, 0) is 10.2 Å². The van der Waals surface area contributed by atoms with Crippen LogP contribution in [0.5, 0.6) is 5.75 Å². The number of benzene rings is 1. The molecule has 2 aliphatic rings. The zero-order valence-electron chi connectivity index (χ0n) is 17.0. The molecule has 0 bridgehead atoms. The van der Waals surface area contributed by atoms with E-state index in [-0.39, 0.29) is 30.3 Å². The molecule has 1 aromatic rings. The first-order valence-electron chi connectivity index (χ1n) is 10.4. The first-order chi connectivity index (χ1) is 14.6. The zero-order chi connectivity index (χ0) is 22.6. The number of rotatable bonds is 11. The maximum absolute atomic E-state index is 14.6. The van der Waals surface area contributed by atoms with E-state index < -0.39 is 34.5 Å². The first kappa shape index (κ1) is 23.8. The highest BCUT2D eigenvalue weighted by Gasteiger charge is 2.33. The number of carbonyl (C=O) groups excluding carboxylic acids is 1. The zero-order valence-corrected chi connectivity index (χ0v) is 17.8. The summed E-state index contributed by atoms with van der Waals surface area (Å²) in [7, 11) is -3.98. The Morgan fingerprint density at radius 3 is 2.39 bits per heavy atom. The Labute approximate surface area is 179 Å². The second kappa shape index (κ2) is 9.72. The normalized spacial score (nSPS) is 17.3. The number of nitrogens with one attached hydrogen (secondary N) is 1.